The van der Waals surface area contributed by atoms with Crippen LogP contribution in [0.5, 0.6) is 0 Å². The Morgan fingerprint density at radius 1 is 1.00 bits per heavy atom. The van der Waals surface area contributed by atoms with E-state index in [4.69, 9.17) is 0 Å². The Hall–Kier alpha value is -2.13. The fraction of sp³-hybridized carbons (Fsp3) is 0.278. The van der Waals surface area contributed by atoms with E-state index >= 15 is 0 Å². The second kappa shape index (κ2) is 6.55. The highest BCUT2D eigenvalue weighted by atomic mass is 15.3. The van der Waals surface area contributed by atoms with Crippen molar-refractivity contribution < 1.29 is 0 Å². The topological polar surface area (TPSA) is 19.4 Å². The normalized spacial score (nSPS) is 15.9. The zero-order valence-electron chi connectivity index (χ0n) is 12.3. The van der Waals surface area contributed by atoms with Gasteiger partial charge in [-0.1, -0.05) is 43.0 Å². The average molecular weight is 279 g/mol. The van der Waals surface area contributed by atoms with Crippen molar-refractivity contribution in [3.05, 3.63) is 66.4 Å². The molecule has 0 atom stereocenters. The van der Waals surface area contributed by atoms with E-state index in [1.165, 1.54) is 11.1 Å². The first-order chi connectivity index (χ1) is 10.3. The predicted octanol–water partition coefficient (Wildman–Crippen LogP) is 3.05. The summed E-state index contributed by atoms with van der Waals surface area (Å²) in [6.45, 7) is 9.07. The molecule has 3 nitrogen and oxygen atoms in total. The van der Waals surface area contributed by atoms with Gasteiger partial charge in [0.05, 0.1) is 0 Å². The maximum atomic E-state index is 4.43. The molecule has 108 valence electrons. The van der Waals surface area contributed by atoms with Crippen molar-refractivity contribution in [2.45, 2.75) is 6.54 Å². The van der Waals surface area contributed by atoms with Crippen LogP contribution in [0.15, 0.2) is 55.2 Å². The van der Waals surface area contributed by atoms with E-state index in [1.54, 1.807) is 0 Å². The summed E-state index contributed by atoms with van der Waals surface area (Å²) in [4.78, 5) is 9.29. The predicted molar refractivity (Wildman–Crippen MR) is 88.3 cm³/mol. The molecular formula is C18H21N3. The molecule has 2 heterocycles. The highest BCUT2D eigenvalue weighted by Crippen LogP contribution is 2.15. The van der Waals surface area contributed by atoms with Crippen molar-refractivity contribution in [3.63, 3.8) is 0 Å². The third-order valence-corrected chi connectivity index (χ3v) is 3.97. The summed E-state index contributed by atoms with van der Waals surface area (Å²) in [6, 6.07) is 14.8. The zero-order chi connectivity index (χ0) is 14.5. The van der Waals surface area contributed by atoms with Crippen molar-refractivity contribution in [1.29, 1.82) is 0 Å². The Morgan fingerprint density at radius 2 is 1.76 bits per heavy atom. The molecule has 2 aromatic rings. The van der Waals surface area contributed by atoms with Crippen LogP contribution in [0, 0.1) is 0 Å². The lowest BCUT2D eigenvalue weighted by Gasteiger charge is -2.35. The summed E-state index contributed by atoms with van der Waals surface area (Å²) in [6.07, 6.45) is 3.75. The zero-order valence-corrected chi connectivity index (χ0v) is 12.3. The molecule has 3 heteroatoms. The number of rotatable bonds is 4. The third kappa shape index (κ3) is 3.50. The van der Waals surface area contributed by atoms with Gasteiger partial charge in [0.15, 0.2) is 0 Å². The van der Waals surface area contributed by atoms with Gasteiger partial charge in [-0.3, -0.25) is 4.90 Å². The molecule has 1 fully saturated rings. The monoisotopic (exact) mass is 279 g/mol. The summed E-state index contributed by atoms with van der Waals surface area (Å²) in [7, 11) is 0. The van der Waals surface area contributed by atoms with Gasteiger partial charge >= 0.3 is 0 Å². The van der Waals surface area contributed by atoms with Crippen molar-refractivity contribution in [3.8, 4) is 0 Å². The highest BCUT2D eigenvalue weighted by molar-refractivity contribution is 5.47. The van der Waals surface area contributed by atoms with Crippen LogP contribution in [0.2, 0.25) is 0 Å². The van der Waals surface area contributed by atoms with Gasteiger partial charge in [-0.05, 0) is 23.3 Å². The molecule has 0 N–H and O–H groups in total. The second-order valence-electron chi connectivity index (χ2n) is 5.40. The van der Waals surface area contributed by atoms with E-state index < -0.39 is 0 Å². The Balaban J connectivity index is 1.54. The number of benzene rings is 1. The molecule has 1 aliphatic heterocycles. The van der Waals surface area contributed by atoms with E-state index in [-0.39, 0.29) is 0 Å². The summed E-state index contributed by atoms with van der Waals surface area (Å²) >= 11 is 0. The van der Waals surface area contributed by atoms with Crippen LogP contribution in [-0.4, -0.2) is 36.1 Å². The Bertz CT molecular complexity index is 569. The van der Waals surface area contributed by atoms with Gasteiger partial charge in [-0.25, -0.2) is 4.98 Å². The minimum atomic E-state index is 1.02. The Kier molecular flexibility index (Phi) is 4.31. The van der Waals surface area contributed by atoms with Crippen LogP contribution >= 0.6 is 0 Å². The second-order valence-corrected chi connectivity index (χ2v) is 5.40. The van der Waals surface area contributed by atoms with Gasteiger partial charge < -0.3 is 4.90 Å². The first kappa shape index (κ1) is 13.8. The smallest absolute Gasteiger partial charge is 0.128 e. The Labute approximate surface area is 126 Å². The summed E-state index contributed by atoms with van der Waals surface area (Å²) in [5.41, 5.74) is 2.55. The molecular weight excluding hydrogens is 258 g/mol. The van der Waals surface area contributed by atoms with Crippen molar-refractivity contribution in [2.75, 3.05) is 31.1 Å². The highest BCUT2D eigenvalue weighted by Gasteiger charge is 2.17. The quantitative estimate of drug-likeness (QED) is 0.857. The first-order valence-electron chi connectivity index (χ1n) is 7.45. The van der Waals surface area contributed by atoms with Gasteiger partial charge in [-0.15, -0.1) is 0 Å². The van der Waals surface area contributed by atoms with Crippen LogP contribution < -0.4 is 4.90 Å². The number of hydrogen-bond donors (Lipinski definition) is 0. The van der Waals surface area contributed by atoms with Crippen LogP contribution in [0.3, 0.4) is 0 Å². The van der Waals surface area contributed by atoms with Gasteiger partial charge in [0, 0.05) is 38.9 Å². The summed E-state index contributed by atoms with van der Waals surface area (Å²) in [5.74, 6) is 1.09. The third-order valence-electron chi connectivity index (χ3n) is 3.97. The van der Waals surface area contributed by atoms with Crippen molar-refractivity contribution in [2.24, 2.45) is 0 Å². The number of hydrogen-bond acceptors (Lipinski definition) is 3. The molecule has 0 radical (unpaired) electrons. The minimum absolute atomic E-state index is 1.02. The number of anilines is 1. The lowest BCUT2D eigenvalue weighted by Crippen LogP contribution is -2.46. The molecule has 1 aliphatic rings. The van der Waals surface area contributed by atoms with E-state index in [0.29, 0.717) is 0 Å². The van der Waals surface area contributed by atoms with E-state index in [1.807, 2.05) is 18.3 Å². The molecule has 0 aliphatic carbocycles. The van der Waals surface area contributed by atoms with Crippen molar-refractivity contribution in [1.82, 2.24) is 9.88 Å². The molecule has 1 saturated heterocycles. The molecule has 21 heavy (non-hydrogen) atoms. The molecule has 0 saturated carbocycles. The summed E-state index contributed by atoms with van der Waals surface area (Å²) < 4.78 is 0. The average Bonchev–Trinajstić information content (AvgIpc) is 2.57. The fourth-order valence-corrected chi connectivity index (χ4v) is 2.69. The van der Waals surface area contributed by atoms with Gasteiger partial charge in [0.2, 0.25) is 0 Å². The minimum Gasteiger partial charge on any atom is -0.354 e. The van der Waals surface area contributed by atoms with Crippen LogP contribution in [-0.2, 0) is 6.54 Å². The van der Waals surface area contributed by atoms with E-state index in [9.17, 15) is 0 Å². The standard InChI is InChI=1S/C18H21N3/c1-2-16-6-8-17(9-7-16)15-20-11-13-21(14-12-20)18-5-3-4-10-19-18/h2-10H,1,11-15H2. The number of pyridine rings is 1. The lowest BCUT2D eigenvalue weighted by molar-refractivity contribution is 0.249. The lowest BCUT2D eigenvalue weighted by atomic mass is 10.1. The molecule has 0 bridgehead atoms. The van der Waals surface area contributed by atoms with Crippen LogP contribution in [0.1, 0.15) is 11.1 Å². The summed E-state index contributed by atoms with van der Waals surface area (Å²) in [5, 5.41) is 0. The SMILES string of the molecule is C=Cc1ccc(CN2CCN(c3ccccn3)CC2)cc1. The molecule has 0 amide bonds. The largest absolute Gasteiger partial charge is 0.354 e. The molecule has 1 aromatic carbocycles. The number of piperazine rings is 1. The van der Waals surface area contributed by atoms with Gasteiger partial charge in [0.25, 0.3) is 0 Å². The van der Waals surface area contributed by atoms with E-state index in [2.05, 4.69) is 57.8 Å². The fourth-order valence-electron chi connectivity index (χ4n) is 2.69. The molecule has 3 rings (SSSR count). The number of aromatic nitrogens is 1. The molecule has 0 spiro atoms. The van der Waals surface area contributed by atoms with Gasteiger partial charge in [0.1, 0.15) is 5.82 Å². The van der Waals surface area contributed by atoms with Crippen LogP contribution in [0.25, 0.3) is 6.08 Å². The Morgan fingerprint density at radius 3 is 2.38 bits per heavy atom. The van der Waals surface area contributed by atoms with Gasteiger partial charge in [-0.2, -0.15) is 0 Å². The molecule has 0 unspecified atom stereocenters. The van der Waals surface area contributed by atoms with E-state index in [0.717, 1.165) is 38.5 Å². The first-order valence-corrected chi connectivity index (χ1v) is 7.45. The maximum absolute atomic E-state index is 4.43. The molecule has 1 aromatic heterocycles. The van der Waals surface area contributed by atoms with Crippen LogP contribution in [0.4, 0.5) is 5.82 Å². The maximum Gasteiger partial charge on any atom is 0.128 e. The van der Waals surface area contributed by atoms with Crippen molar-refractivity contribution >= 4 is 11.9 Å². The number of nitrogens with zero attached hydrogens (tertiary/aromatic N) is 3.